The predicted octanol–water partition coefficient (Wildman–Crippen LogP) is -1.79. The van der Waals surface area contributed by atoms with Crippen LogP contribution in [-0.4, -0.2) is 123 Å². The number of phenolic OH excluding ortho intramolecular Hbond substituents is 3. The number of esters is 1. The summed E-state index contributed by atoms with van der Waals surface area (Å²) in [6.07, 6.45) is 2.48. The molecular formula is C35H42ClN5NaO11S+. The number of phenols is 3. The number of oxime groups is 1. The second kappa shape index (κ2) is 19.0. The summed E-state index contributed by atoms with van der Waals surface area (Å²) in [7, 11) is 1.27. The van der Waals surface area contributed by atoms with Gasteiger partial charge in [0.1, 0.15) is 29.4 Å². The van der Waals surface area contributed by atoms with Gasteiger partial charge in [0.2, 0.25) is 6.41 Å². The maximum atomic E-state index is 12.7. The summed E-state index contributed by atoms with van der Waals surface area (Å²) in [5, 5.41) is 47.6. The van der Waals surface area contributed by atoms with Gasteiger partial charge in [0, 0.05) is 24.2 Å². The van der Waals surface area contributed by atoms with Crippen molar-refractivity contribution in [3.05, 3.63) is 63.8 Å². The van der Waals surface area contributed by atoms with Crippen molar-refractivity contribution in [2.24, 2.45) is 5.16 Å². The number of rotatable bonds is 13. The Balaban J connectivity index is 0.000000368. The minimum absolute atomic E-state index is 0. The molecular weight excluding hydrogens is 757 g/mol. The summed E-state index contributed by atoms with van der Waals surface area (Å²) in [5.74, 6) is -3.02. The van der Waals surface area contributed by atoms with Gasteiger partial charge in [-0.2, -0.15) is 0 Å². The van der Waals surface area contributed by atoms with Crippen LogP contribution in [0.15, 0.2) is 52.8 Å². The average Bonchev–Trinajstić information content (AvgIpc) is 3.59. The number of fused-ring (bicyclic) bond motifs is 1. The van der Waals surface area contributed by atoms with Crippen LogP contribution < -0.4 is 45.3 Å². The van der Waals surface area contributed by atoms with Gasteiger partial charge in [-0.1, -0.05) is 16.8 Å². The Bertz CT molecular complexity index is 1800. The first-order valence-corrected chi connectivity index (χ1v) is 18.0. The van der Waals surface area contributed by atoms with E-state index in [2.05, 4.69) is 15.8 Å². The first-order chi connectivity index (χ1) is 25.1. The zero-order valence-electron chi connectivity index (χ0n) is 30.6. The Labute approximate surface area is 343 Å². The van der Waals surface area contributed by atoms with Crippen molar-refractivity contribution in [1.29, 1.82) is 0 Å². The van der Waals surface area contributed by atoms with E-state index in [9.17, 15) is 39.3 Å². The van der Waals surface area contributed by atoms with Gasteiger partial charge in [-0.05, 0) is 62.7 Å². The number of carbonyl (C=O) groups excluding carboxylic acids is 5. The van der Waals surface area contributed by atoms with E-state index in [0.717, 1.165) is 37.1 Å². The molecule has 2 aromatic rings. The van der Waals surface area contributed by atoms with E-state index in [1.165, 1.54) is 61.9 Å². The van der Waals surface area contributed by atoms with Crippen LogP contribution in [0.25, 0.3) is 0 Å². The number of thioether (sulfide) groups is 1. The van der Waals surface area contributed by atoms with Gasteiger partial charge >= 0.3 is 35.5 Å². The van der Waals surface area contributed by atoms with Gasteiger partial charge in [0.05, 0.1) is 55.6 Å². The minimum Gasteiger partial charge on any atom is -0.546 e. The summed E-state index contributed by atoms with van der Waals surface area (Å²) < 4.78 is 5.63. The van der Waals surface area contributed by atoms with Crippen LogP contribution in [-0.2, 0) is 28.8 Å². The molecule has 286 valence electrons. The Morgan fingerprint density at radius 3 is 2.37 bits per heavy atom. The Hall–Kier alpha value is -4.00. The molecule has 0 aromatic heterocycles. The Morgan fingerprint density at radius 2 is 1.78 bits per heavy atom. The number of aliphatic carboxylic acids is 1. The van der Waals surface area contributed by atoms with Crippen LogP contribution in [0.3, 0.4) is 0 Å². The van der Waals surface area contributed by atoms with Gasteiger partial charge < -0.3 is 49.9 Å². The fourth-order valence-electron chi connectivity index (χ4n) is 6.06. The number of nitrogens with one attached hydrogen (secondary N) is 2. The van der Waals surface area contributed by atoms with Crippen LogP contribution in [0, 0.1) is 0 Å². The molecule has 2 unspecified atom stereocenters. The normalized spacial score (nSPS) is 18.9. The molecule has 3 heterocycles. The van der Waals surface area contributed by atoms with E-state index in [0.29, 0.717) is 42.0 Å². The third-order valence-corrected chi connectivity index (χ3v) is 10.8. The number of ether oxygens (including phenoxy) is 1. The number of quaternary nitrogens is 1. The number of β-lactam (4-membered cyclic amide) rings is 1. The number of hydrogen-bond acceptors (Lipinski definition) is 13. The van der Waals surface area contributed by atoms with Gasteiger partial charge in [0.25, 0.3) is 11.8 Å². The maximum Gasteiger partial charge on any atom is 1.00 e. The zero-order chi connectivity index (χ0) is 39.1. The molecule has 3 amide bonds. The number of carboxylic acids is 1. The zero-order valence-corrected chi connectivity index (χ0v) is 34.2. The summed E-state index contributed by atoms with van der Waals surface area (Å²) in [6.45, 7) is 7.53. The fourth-order valence-corrected chi connectivity index (χ4v) is 7.65. The van der Waals surface area contributed by atoms with Gasteiger partial charge in [0.15, 0.2) is 17.1 Å². The number of aromatic hydroxyl groups is 3. The molecule has 0 spiro atoms. The molecule has 19 heteroatoms. The van der Waals surface area contributed by atoms with Crippen molar-refractivity contribution >= 4 is 59.2 Å². The van der Waals surface area contributed by atoms with Gasteiger partial charge in [-0.15, -0.1) is 11.8 Å². The van der Waals surface area contributed by atoms with Crippen molar-refractivity contribution in [2.45, 2.75) is 50.6 Å². The van der Waals surface area contributed by atoms with Crippen molar-refractivity contribution < 1.29 is 88.0 Å². The number of hydrogen-bond donors (Lipinski definition) is 5. The Kier molecular flexibility index (Phi) is 15.7. The second-order valence-corrected chi connectivity index (χ2v) is 14.6. The van der Waals surface area contributed by atoms with Crippen LogP contribution in [0.2, 0.25) is 5.02 Å². The standard InChI is InChI=1S/C23H27ClN4O7S.C12H15NO4.Na/c1-35-23(34)18-13(11-36-22-17(26-12-29)21(33)27(18)22)10-28(7-2-3-8-28)9-6-25-20(32)14-4-5-15(30)19(31)16(14)24;1-8(9-4-6-10(14)7-5-9)13-17-12(2,3)11(15)16;/h4-5,12,17,22H,2-3,6-11H2,1H3,(H3-,25,26,29,30,31,32);4-7,14H,1-3H3,(H,15,16);/q;;+1/b;13-8+;. The first kappa shape index (κ1) is 44.4. The number of methoxy groups -OCH3 is 1. The van der Waals surface area contributed by atoms with Crippen molar-refractivity contribution in [3.63, 3.8) is 0 Å². The molecule has 2 aromatic carbocycles. The molecule has 54 heavy (non-hydrogen) atoms. The van der Waals surface area contributed by atoms with E-state index in [4.69, 9.17) is 26.3 Å². The second-order valence-electron chi connectivity index (χ2n) is 13.2. The molecule has 3 aliphatic rings. The summed E-state index contributed by atoms with van der Waals surface area (Å²) >= 11 is 7.50. The topological polar surface area (TPSA) is 227 Å². The number of halogens is 1. The molecule has 2 saturated heterocycles. The molecule has 5 N–H and O–H groups in total. The van der Waals surface area contributed by atoms with Crippen LogP contribution >= 0.6 is 23.4 Å². The fraction of sp³-hybridized carbons (Fsp3) is 0.429. The molecule has 2 fully saturated rings. The molecule has 0 saturated carbocycles. The molecule has 3 aliphatic heterocycles. The average molecular weight is 799 g/mol. The van der Waals surface area contributed by atoms with Crippen molar-refractivity contribution in [3.8, 4) is 17.2 Å². The largest absolute Gasteiger partial charge is 1.00 e. The SMILES string of the molecule is C/C(=N\OC(C)(C)C(=O)[O-])c1ccc(O)cc1.COC(=O)C1=C(C[N+]2(CCNC(=O)c3ccc(O)c(O)c3Cl)CCCC2)CSC2C(NC=O)C(=O)N12.[Na+]. The van der Waals surface area contributed by atoms with E-state index < -0.39 is 41.0 Å². The first-order valence-electron chi connectivity index (χ1n) is 16.6. The van der Waals surface area contributed by atoms with Crippen molar-refractivity contribution in [2.75, 3.05) is 45.6 Å². The number of benzene rings is 2. The summed E-state index contributed by atoms with van der Waals surface area (Å²) in [4.78, 5) is 65.9. The smallest absolute Gasteiger partial charge is 0.546 e. The Morgan fingerprint density at radius 1 is 1.13 bits per heavy atom. The summed E-state index contributed by atoms with van der Waals surface area (Å²) in [6, 6.07) is 8.22. The molecule has 2 atom stereocenters. The number of nitrogens with zero attached hydrogens (tertiary/aromatic N) is 3. The van der Waals surface area contributed by atoms with Crippen molar-refractivity contribution in [1.82, 2.24) is 15.5 Å². The van der Waals surface area contributed by atoms with E-state index in [1.807, 2.05) is 0 Å². The number of carbonyl (C=O) groups is 5. The number of amides is 3. The van der Waals surface area contributed by atoms with Gasteiger partial charge in [-0.25, -0.2) is 4.79 Å². The predicted molar refractivity (Wildman–Crippen MR) is 192 cm³/mol. The minimum atomic E-state index is -1.47. The molecule has 16 nitrogen and oxygen atoms in total. The monoisotopic (exact) mass is 798 g/mol. The summed E-state index contributed by atoms with van der Waals surface area (Å²) in [5.41, 5.74) is 0.880. The molecule has 0 aliphatic carbocycles. The maximum absolute atomic E-state index is 12.7. The quantitative estimate of drug-likeness (QED) is 0.0222. The van der Waals surface area contributed by atoms with E-state index >= 15 is 0 Å². The number of carboxylic acid groups (broad SMARTS) is 1. The van der Waals surface area contributed by atoms with Gasteiger partial charge in [-0.3, -0.25) is 19.3 Å². The van der Waals surface area contributed by atoms with Crippen LogP contribution in [0.4, 0.5) is 0 Å². The third kappa shape index (κ3) is 10.2. The molecule has 0 radical (unpaired) electrons. The van der Waals surface area contributed by atoms with E-state index in [1.54, 1.807) is 19.1 Å². The number of likely N-dealkylation sites (tertiary alicyclic amines) is 1. The van der Waals surface area contributed by atoms with Crippen LogP contribution in [0.1, 0.15) is 49.5 Å². The van der Waals surface area contributed by atoms with Crippen LogP contribution in [0.5, 0.6) is 17.2 Å². The third-order valence-electron chi connectivity index (χ3n) is 9.11. The van der Waals surface area contributed by atoms with E-state index in [-0.39, 0.29) is 62.9 Å². The molecule has 5 rings (SSSR count). The molecule has 0 bridgehead atoms.